The van der Waals surface area contributed by atoms with Crippen molar-refractivity contribution in [2.75, 3.05) is 19.5 Å². The van der Waals surface area contributed by atoms with E-state index in [-0.39, 0.29) is 0 Å². The van der Waals surface area contributed by atoms with E-state index in [9.17, 15) is 8.42 Å². The summed E-state index contributed by atoms with van der Waals surface area (Å²) < 4.78 is 26.2. The van der Waals surface area contributed by atoms with E-state index in [1.807, 2.05) is 12.1 Å². The molecule has 0 radical (unpaired) electrons. The van der Waals surface area contributed by atoms with Crippen LogP contribution in [0, 0.1) is 5.92 Å². The van der Waals surface area contributed by atoms with Crippen LogP contribution in [0.15, 0.2) is 29.2 Å². The van der Waals surface area contributed by atoms with Crippen molar-refractivity contribution in [3.63, 3.8) is 0 Å². The summed E-state index contributed by atoms with van der Waals surface area (Å²) in [6.45, 7) is 0.631. The molecule has 0 bridgehead atoms. The molecule has 0 spiro atoms. The van der Waals surface area contributed by atoms with Crippen molar-refractivity contribution in [1.29, 1.82) is 0 Å². The minimum Gasteiger partial charge on any atom is -0.207 e. The van der Waals surface area contributed by atoms with E-state index in [1.54, 1.807) is 19.2 Å². The van der Waals surface area contributed by atoms with Crippen LogP contribution >= 0.6 is 11.6 Å². The first-order valence-electron chi connectivity index (χ1n) is 6.65. The molecular formula is C14H20ClNO2S. The average Bonchev–Trinajstić information content (AvgIpc) is 2.34. The van der Waals surface area contributed by atoms with Gasteiger partial charge in [0.25, 0.3) is 0 Å². The van der Waals surface area contributed by atoms with Crippen molar-refractivity contribution in [1.82, 2.24) is 4.31 Å². The van der Waals surface area contributed by atoms with Crippen LogP contribution < -0.4 is 0 Å². The molecular weight excluding hydrogens is 282 g/mol. The van der Waals surface area contributed by atoms with Gasteiger partial charge in [-0.05, 0) is 42.9 Å². The van der Waals surface area contributed by atoms with Crippen LogP contribution in [0.2, 0.25) is 0 Å². The molecule has 0 N–H and O–H groups in total. The lowest BCUT2D eigenvalue weighted by Crippen LogP contribution is -2.34. The van der Waals surface area contributed by atoms with Crippen molar-refractivity contribution >= 4 is 21.6 Å². The van der Waals surface area contributed by atoms with E-state index in [0.29, 0.717) is 23.2 Å². The molecule has 0 heterocycles. The van der Waals surface area contributed by atoms with Crippen LogP contribution in [0.1, 0.15) is 24.8 Å². The maximum Gasteiger partial charge on any atom is 0.242 e. The van der Waals surface area contributed by atoms with Gasteiger partial charge in [-0.2, -0.15) is 0 Å². The second kappa shape index (κ2) is 6.25. The van der Waals surface area contributed by atoms with Gasteiger partial charge in [0.15, 0.2) is 0 Å². The number of nitrogens with zero attached hydrogens (tertiary/aromatic N) is 1. The Labute approximate surface area is 120 Å². The SMILES string of the molecule is CN(CC1CCC1)S(=O)(=O)c1ccc(CCCl)cc1. The summed E-state index contributed by atoms with van der Waals surface area (Å²) in [5.74, 6) is 1.09. The number of sulfonamides is 1. The highest BCUT2D eigenvalue weighted by molar-refractivity contribution is 7.89. The molecule has 0 aliphatic heterocycles. The molecule has 0 unspecified atom stereocenters. The van der Waals surface area contributed by atoms with E-state index in [0.717, 1.165) is 24.8 Å². The first-order chi connectivity index (χ1) is 9.04. The highest BCUT2D eigenvalue weighted by Gasteiger charge is 2.26. The first-order valence-corrected chi connectivity index (χ1v) is 8.62. The second-order valence-corrected chi connectivity index (χ2v) is 7.59. The molecule has 5 heteroatoms. The molecule has 106 valence electrons. The van der Waals surface area contributed by atoms with E-state index >= 15 is 0 Å². The molecule has 1 saturated carbocycles. The summed E-state index contributed by atoms with van der Waals surface area (Å²) in [6, 6.07) is 7.03. The van der Waals surface area contributed by atoms with Crippen molar-refractivity contribution in [2.45, 2.75) is 30.6 Å². The standard InChI is InChI=1S/C14H20ClNO2S/c1-16(11-13-3-2-4-13)19(17,18)14-7-5-12(6-8-14)9-10-15/h5-8,13H,2-4,9-11H2,1H3. The summed E-state index contributed by atoms with van der Waals surface area (Å²) in [7, 11) is -1.67. The Morgan fingerprint density at radius 1 is 1.26 bits per heavy atom. The van der Waals surface area contributed by atoms with Gasteiger partial charge in [0, 0.05) is 19.5 Å². The quantitative estimate of drug-likeness (QED) is 0.758. The maximum absolute atomic E-state index is 12.4. The molecule has 19 heavy (non-hydrogen) atoms. The van der Waals surface area contributed by atoms with Gasteiger partial charge in [-0.25, -0.2) is 12.7 Å². The highest BCUT2D eigenvalue weighted by Crippen LogP contribution is 2.28. The number of aryl methyl sites for hydroxylation is 1. The molecule has 1 aromatic carbocycles. The second-order valence-electron chi connectivity index (χ2n) is 5.17. The van der Waals surface area contributed by atoms with Gasteiger partial charge in [-0.15, -0.1) is 11.6 Å². The minimum absolute atomic E-state index is 0.368. The van der Waals surface area contributed by atoms with Gasteiger partial charge >= 0.3 is 0 Å². The third kappa shape index (κ3) is 3.50. The monoisotopic (exact) mass is 301 g/mol. The number of alkyl halides is 1. The van der Waals surface area contributed by atoms with Crippen molar-refractivity contribution in [3.05, 3.63) is 29.8 Å². The predicted octanol–water partition coefficient (Wildman–Crippen LogP) is 2.89. The van der Waals surface area contributed by atoms with Gasteiger partial charge < -0.3 is 0 Å². The molecule has 1 aliphatic rings. The fraction of sp³-hybridized carbons (Fsp3) is 0.571. The van der Waals surface area contributed by atoms with Gasteiger partial charge in [0.1, 0.15) is 0 Å². The molecule has 2 rings (SSSR count). The summed E-state index contributed by atoms with van der Waals surface area (Å²) in [6.07, 6.45) is 4.29. The molecule has 1 aromatic rings. The predicted molar refractivity (Wildman–Crippen MR) is 78.0 cm³/mol. The molecule has 0 saturated heterocycles. The zero-order valence-electron chi connectivity index (χ0n) is 11.2. The minimum atomic E-state index is -3.34. The maximum atomic E-state index is 12.4. The van der Waals surface area contributed by atoms with Crippen molar-refractivity contribution < 1.29 is 8.42 Å². The smallest absolute Gasteiger partial charge is 0.207 e. The zero-order chi connectivity index (χ0) is 13.9. The fourth-order valence-electron chi connectivity index (χ4n) is 2.25. The Morgan fingerprint density at radius 2 is 1.89 bits per heavy atom. The summed E-state index contributed by atoms with van der Waals surface area (Å²) in [5.41, 5.74) is 1.07. The van der Waals surface area contributed by atoms with Crippen LogP contribution in [-0.2, 0) is 16.4 Å². The van der Waals surface area contributed by atoms with Crippen molar-refractivity contribution in [2.24, 2.45) is 5.92 Å². The number of benzene rings is 1. The molecule has 3 nitrogen and oxygen atoms in total. The lowest BCUT2D eigenvalue weighted by Gasteiger charge is -2.29. The Balaban J connectivity index is 2.08. The molecule has 0 amide bonds. The normalized spacial score (nSPS) is 16.6. The number of rotatable bonds is 6. The fourth-order valence-corrected chi connectivity index (χ4v) is 3.72. The Morgan fingerprint density at radius 3 is 2.37 bits per heavy atom. The van der Waals surface area contributed by atoms with E-state index < -0.39 is 10.0 Å². The van der Waals surface area contributed by atoms with E-state index in [4.69, 9.17) is 11.6 Å². The largest absolute Gasteiger partial charge is 0.242 e. The third-order valence-electron chi connectivity index (χ3n) is 3.75. The van der Waals surface area contributed by atoms with Gasteiger partial charge in [0.2, 0.25) is 10.0 Å². The number of halogens is 1. The van der Waals surface area contributed by atoms with Gasteiger partial charge in [0.05, 0.1) is 4.90 Å². The zero-order valence-corrected chi connectivity index (χ0v) is 12.8. The molecule has 1 aliphatic carbocycles. The Hall–Kier alpha value is -0.580. The third-order valence-corrected chi connectivity index (χ3v) is 5.78. The first kappa shape index (κ1) is 14.8. The molecule has 0 aromatic heterocycles. The van der Waals surface area contributed by atoms with E-state index in [2.05, 4.69) is 0 Å². The number of hydrogen-bond donors (Lipinski definition) is 0. The summed E-state index contributed by atoms with van der Waals surface area (Å²) in [5, 5.41) is 0. The van der Waals surface area contributed by atoms with Crippen LogP contribution in [0.25, 0.3) is 0 Å². The average molecular weight is 302 g/mol. The lowest BCUT2D eigenvalue weighted by molar-refractivity contribution is 0.263. The molecule has 0 atom stereocenters. The van der Waals surface area contributed by atoms with Crippen LogP contribution in [0.4, 0.5) is 0 Å². The van der Waals surface area contributed by atoms with E-state index in [1.165, 1.54) is 10.7 Å². The topological polar surface area (TPSA) is 37.4 Å². The molecule has 1 fully saturated rings. The summed E-state index contributed by atoms with van der Waals surface area (Å²) in [4.78, 5) is 0.368. The Bertz CT molecular complexity index is 509. The van der Waals surface area contributed by atoms with Crippen LogP contribution in [0.5, 0.6) is 0 Å². The van der Waals surface area contributed by atoms with Gasteiger partial charge in [-0.1, -0.05) is 18.6 Å². The highest BCUT2D eigenvalue weighted by atomic mass is 35.5. The Kier molecular flexibility index (Phi) is 4.87. The summed E-state index contributed by atoms with van der Waals surface area (Å²) >= 11 is 5.67. The van der Waals surface area contributed by atoms with Gasteiger partial charge in [-0.3, -0.25) is 0 Å². The van der Waals surface area contributed by atoms with Crippen LogP contribution in [0.3, 0.4) is 0 Å². The van der Waals surface area contributed by atoms with Crippen molar-refractivity contribution in [3.8, 4) is 0 Å². The van der Waals surface area contributed by atoms with Crippen LogP contribution in [-0.4, -0.2) is 32.2 Å². The number of hydrogen-bond acceptors (Lipinski definition) is 2. The lowest BCUT2D eigenvalue weighted by atomic mass is 9.86.